The highest BCUT2D eigenvalue weighted by atomic mass is 19.1. The number of hydrogen-bond donors (Lipinski definition) is 3. The predicted molar refractivity (Wildman–Crippen MR) is 84.9 cm³/mol. The Bertz CT molecular complexity index is 827. The predicted octanol–water partition coefficient (Wildman–Crippen LogP) is 3.73. The number of nitrogen functional groups attached to an aromatic ring is 1. The van der Waals surface area contributed by atoms with Gasteiger partial charge in [0.2, 0.25) is 0 Å². The zero-order valence-electron chi connectivity index (χ0n) is 12.1. The third-order valence-corrected chi connectivity index (χ3v) is 3.69. The summed E-state index contributed by atoms with van der Waals surface area (Å²) in [6.07, 6.45) is 0.887. The van der Waals surface area contributed by atoms with Gasteiger partial charge in [-0.1, -0.05) is 31.2 Å². The first kappa shape index (κ1) is 14.1. The normalized spacial score (nSPS) is 10.8. The molecular weight excluding hydrogens is 281 g/mol. The Kier molecular flexibility index (Phi) is 3.55. The summed E-state index contributed by atoms with van der Waals surface area (Å²) in [5.74, 6) is -0.674. The Labute approximate surface area is 127 Å². The summed E-state index contributed by atoms with van der Waals surface area (Å²) in [5.41, 5.74) is 9.24. The molecule has 0 unspecified atom stereocenters. The first-order chi connectivity index (χ1) is 10.6. The minimum atomic E-state index is -0.577. The fourth-order valence-corrected chi connectivity index (χ4v) is 2.53. The number of nitrogens with two attached hydrogens (primary N) is 1. The molecule has 0 aliphatic carbocycles. The Morgan fingerprint density at radius 2 is 2.00 bits per heavy atom. The van der Waals surface area contributed by atoms with Gasteiger partial charge in [0.25, 0.3) is 0 Å². The molecule has 0 amide bonds. The molecule has 0 aliphatic rings. The number of halogens is 1. The first-order valence-electron chi connectivity index (χ1n) is 7.02. The Morgan fingerprint density at radius 1 is 1.23 bits per heavy atom. The lowest BCUT2D eigenvalue weighted by Gasteiger charge is -2.06. The van der Waals surface area contributed by atoms with Gasteiger partial charge in [-0.25, -0.2) is 4.39 Å². The lowest BCUT2D eigenvalue weighted by Crippen LogP contribution is -1.95. The maximum absolute atomic E-state index is 13.6. The van der Waals surface area contributed by atoms with Crippen LogP contribution in [0.25, 0.3) is 22.5 Å². The summed E-state index contributed by atoms with van der Waals surface area (Å²) in [6.45, 7) is 2.08. The molecule has 1 heterocycles. The number of nitrogens with one attached hydrogen (secondary N) is 1. The van der Waals surface area contributed by atoms with Gasteiger partial charge < -0.3 is 10.8 Å². The van der Waals surface area contributed by atoms with Crippen LogP contribution in [0.2, 0.25) is 0 Å². The van der Waals surface area contributed by atoms with E-state index in [1.165, 1.54) is 11.6 Å². The molecule has 0 atom stereocenters. The molecule has 0 saturated carbocycles. The monoisotopic (exact) mass is 297 g/mol. The number of anilines is 1. The van der Waals surface area contributed by atoms with Crippen molar-refractivity contribution >= 4 is 5.69 Å². The lowest BCUT2D eigenvalue weighted by atomic mass is 10.0. The van der Waals surface area contributed by atoms with Gasteiger partial charge in [-0.15, -0.1) is 0 Å². The molecule has 0 radical (unpaired) electrons. The summed E-state index contributed by atoms with van der Waals surface area (Å²) in [5, 5.41) is 17.0. The minimum Gasteiger partial charge on any atom is -0.507 e. The molecule has 0 aliphatic heterocycles. The first-order valence-corrected chi connectivity index (χ1v) is 7.02. The van der Waals surface area contributed by atoms with Gasteiger partial charge in [-0.2, -0.15) is 5.10 Å². The van der Waals surface area contributed by atoms with E-state index >= 15 is 0 Å². The number of aryl methyl sites for hydroxylation is 1. The molecule has 4 N–H and O–H groups in total. The van der Waals surface area contributed by atoms with Gasteiger partial charge >= 0.3 is 0 Å². The van der Waals surface area contributed by atoms with Gasteiger partial charge in [0, 0.05) is 5.56 Å². The van der Waals surface area contributed by atoms with Crippen LogP contribution in [0.4, 0.5) is 10.1 Å². The molecule has 1 aromatic heterocycles. The van der Waals surface area contributed by atoms with Crippen LogP contribution < -0.4 is 5.73 Å². The topological polar surface area (TPSA) is 74.9 Å². The Balaban J connectivity index is 2.11. The quantitative estimate of drug-likeness (QED) is 0.645. The van der Waals surface area contributed by atoms with Crippen LogP contribution >= 0.6 is 0 Å². The average molecular weight is 297 g/mol. The van der Waals surface area contributed by atoms with Gasteiger partial charge in [-0.3, -0.25) is 5.10 Å². The molecule has 2 aromatic carbocycles. The Hall–Kier alpha value is -2.82. The second-order valence-corrected chi connectivity index (χ2v) is 5.03. The lowest BCUT2D eigenvalue weighted by molar-refractivity contribution is 0.475. The smallest absolute Gasteiger partial charge is 0.147 e. The van der Waals surface area contributed by atoms with E-state index in [4.69, 9.17) is 5.73 Å². The zero-order valence-corrected chi connectivity index (χ0v) is 12.1. The maximum Gasteiger partial charge on any atom is 0.147 e. The largest absolute Gasteiger partial charge is 0.507 e. The molecule has 3 aromatic rings. The van der Waals surface area contributed by atoms with E-state index in [0.717, 1.165) is 23.7 Å². The molecule has 0 fully saturated rings. The SMILES string of the molecule is CCc1ccccc1-c1cc(-c2c(O)ccc(F)c2N)n[nH]1. The number of aromatic hydroxyl groups is 1. The fraction of sp³-hybridized carbons (Fsp3) is 0.118. The van der Waals surface area contributed by atoms with E-state index < -0.39 is 5.82 Å². The third kappa shape index (κ3) is 2.30. The third-order valence-electron chi connectivity index (χ3n) is 3.69. The number of phenols is 1. The van der Waals surface area contributed by atoms with Crippen molar-refractivity contribution in [3.8, 4) is 28.3 Å². The van der Waals surface area contributed by atoms with Crippen molar-refractivity contribution in [2.45, 2.75) is 13.3 Å². The van der Waals surface area contributed by atoms with Crippen molar-refractivity contribution in [2.24, 2.45) is 0 Å². The standard InChI is InChI=1S/C17H16FN3O/c1-2-10-5-3-4-6-11(10)13-9-14(21-20-13)16-15(22)8-7-12(18)17(16)19/h3-9,22H,2,19H2,1H3,(H,20,21). The number of H-pyrrole nitrogens is 1. The van der Waals surface area contributed by atoms with Crippen molar-refractivity contribution in [3.63, 3.8) is 0 Å². The molecule has 0 spiro atoms. The van der Waals surface area contributed by atoms with Crippen molar-refractivity contribution < 1.29 is 9.50 Å². The highest BCUT2D eigenvalue weighted by Crippen LogP contribution is 2.36. The second-order valence-electron chi connectivity index (χ2n) is 5.03. The molecule has 4 nitrogen and oxygen atoms in total. The number of hydrogen-bond acceptors (Lipinski definition) is 3. The molecular formula is C17H16FN3O. The number of nitrogens with zero attached hydrogens (tertiary/aromatic N) is 1. The van der Waals surface area contributed by atoms with E-state index in [1.807, 2.05) is 24.3 Å². The average Bonchev–Trinajstić information content (AvgIpc) is 3.01. The van der Waals surface area contributed by atoms with Crippen LogP contribution in [0.5, 0.6) is 5.75 Å². The van der Waals surface area contributed by atoms with E-state index in [1.54, 1.807) is 6.07 Å². The van der Waals surface area contributed by atoms with Crippen molar-refractivity contribution in [1.29, 1.82) is 0 Å². The van der Waals surface area contributed by atoms with Crippen LogP contribution in [0, 0.1) is 5.82 Å². The second kappa shape index (κ2) is 5.52. The van der Waals surface area contributed by atoms with Crippen molar-refractivity contribution in [2.75, 3.05) is 5.73 Å². The number of aromatic nitrogens is 2. The zero-order chi connectivity index (χ0) is 15.7. The molecule has 0 bridgehead atoms. The van der Waals surface area contributed by atoms with Crippen LogP contribution in [0.15, 0.2) is 42.5 Å². The van der Waals surface area contributed by atoms with Crippen molar-refractivity contribution in [3.05, 3.63) is 53.8 Å². The van der Waals surface area contributed by atoms with E-state index in [-0.39, 0.29) is 17.0 Å². The molecule has 112 valence electrons. The highest BCUT2D eigenvalue weighted by Gasteiger charge is 2.16. The van der Waals surface area contributed by atoms with E-state index in [0.29, 0.717) is 5.69 Å². The molecule has 5 heteroatoms. The molecule has 0 saturated heterocycles. The van der Waals surface area contributed by atoms with Crippen LogP contribution in [0.3, 0.4) is 0 Å². The van der Waals surface area contributed by atoms with Gasteiger partial charge in [0.05, 0.1) is 22.6 Å². The summed E-state index contributed by atoms with van der Waals surface area (Å²) < 4.78 is 13.6. The number of rotatable bonds is 3. The summed E-state index contributed by atoms with van der Waals surface area (Å²) >= 11 is 0. The highest BCUT2D eigenvalue weighted by molar-refractivity contribution is 5.82. The van der Waals surface area contributed by atoms with Gasteiger partial charge in [-0.05, 0) is 30.2 Å². The minimum absolute atomic E-state index is 0.0965. The summed E-state index contributed by atoms with van der Waals surface area (Å²) in [6, 6.07) is 12.1. The van der Waals surface area contributed by atoms with Gasteiger partial charge in [0.15, 0.2) is 0 Å². The number of phenolic OH excluding ortho intramolecular Hbond substituents is 1. The Morgan fingerprint density at radius 3 is 2.77 bits per heavy atom. The van der Waals surface area contributed by atoms with Crippen LogP contribution in [0.1, 0.15) is 12.5 Å². The van der Waals surface area contributed by atoms with Crippen LogP contribution in [-0.4, -0.2) is 15.3 Å². The van der Waals surface area contributed by atoms with E-state index in [9.17, 15) is 9.50 Å². The number of benzene rings is 2. The summed E-state index contributed by atoms with van der Waals surface area (Å²) in [7, 11) is 0. The summed E-state index contributed by atoms with van der Waals surface area (Å²) in [4.78, 5) is 0. The van der Waals surface area contributed by atoms with Gasteiger partial charge in [0.1, 0.15) is 11.6 Å². The molecule has 22 heavy (non-hydrogen) atoms. The maximum atomic E-state index is 13.6. The molecule has 3 rings (SSSR count). The van der Waals surface area contributed by atoms with Crippen LogP contribution in [-0.2, 0) is 6.42 Å². The fourth-order valence-electron chi connectivity index (χ4n) is 2.53. The van der Waals surface area contributed by atoms with E-state index in [2.05, 4.69) is 17.1 Å². The number of aromatic amines is 1. The van der Waals surface area contributed by atoms with Crippen molar-refractivity contribution in [1.82, 2.24) is 10.2 Å².